The molecule has 24 heavy (non-hydrogen) atoms. The molecular weight excluding hydrogens is 336 g/mol. The molecule has 1 heterocycles. The van der Waals surface area contributed by atoms with E-state index in [4.69, 9.17) is 0 Å². The van der Waals surface area contributed by atoms with Gasteiger partial charge in [0, 0.05) is 23.8 Å². The largest absolute Gasteiger partial charge is 0.224 e. The fraction of sp³-hybridized carbons (Fsp3) is 0.100. The third-order valence-electron chi connectivity index (χ3n) is 4.25. The summed E-state index contributed by atoms with van der Waals surface area (Å²) in [4.78, 5) is 4.20. The zero-order chi connectivity index (χ0) is 16.7. The molecule has 0 saturated heterocycles. The molecule has 0 atom stereocenters. The standard InChI is InChI=1S/C20H17O2S2/c1-24(21,22)18-12-10-17(11-13-18)23-19-8-4-2-6-15(19)14-16-7-3-5-9-20(16)23/h2-13H,14H2,1H3/q+1. The van der Waals surface area contributed by atoms with E-state index in [1.54, 1.807) is 12.1 Å². The molecule has 0 saturated carbocycles. The molecule has 0 unspecified atom stereocenters. The van der Waals surface area contributed by atoms with Gasteiger partial charge in [0.25, 0.3) is 0 Å². The molecule has 3 aromatic rings. The second-order valence-electron chi connectivity index (χ2n) is 5.94. The lowest BCUT2D eigenvalue weighted by molar-refractivity contribution is 0.602. The summed E-state index contributed by atoms with van der Waals surface area (Å²) in [6.45, 7) is 0. The molecule has 0 amide bonds. The van der Waals surface area contributed by atoms with E-state index in [0.717, 1.165) is 11.3 Å². The van der Waals surface area contributed by atoms with E-state index in [-0.39, 0.29) is 10.9 Å². The Bertz CT molecular complexity index is 960. The van der Waals surface area contributed by atoms with Crippen LogP contribution in [0.3, 0.4) is 0 Å². The first kappa shape index (κ1) is 15.5. The highest BCUT2D eigenvalue weighted by molar-refractivity contribution is 7.97. The number of hydrogen-bond donors (Lipinski definition) is 0. The molecule has 2 nitrogen and oxygen atoms in total. The highest BCUT2D eigenvalue weighted by Crippen LogP contribution is 2.40. The third-order valence-corrected chi connectivity index (χ3v) is 7.80. The van der Waals surface area contributed by atoms with Crippen molar-refractivity contribution < 1.29 is 8.42 Å². The minimum atomic E-state index is -3.17. The molecular formula is C20H17O2S2+. The van der Waals surface area contributed by atoms with E-state index in [1.165, 1.54) is 27.2 Å². The fourth-order valence-electron chi connectivity index (χ4n) is 3.10. The maximum absolute atomic E-state index is 11.7. The van der Waals surface area contributed by atoms with Crippen molar-refractivity contribution >= 4 is 20.7 Å². The summed E-state index contributed by atoms with van der Waals surface area (Å²) in [5.74, 6) is 0. The monoisotopic (exact) mass is 353 g/mol. The summed E-state index contributed by atoms with van der Waals surface area (Å²) < 4.78 is 23.4. The number of hydrogen-bond acceptors (Lipinski definition) is 2. The first-order chi connectivity index (χ1) is 11.5. The van der Waals surface area contributed by atoms with Crippen LogP contribution < -0.4 is 0 Å². The van der Waals surface area contributed by atoms with Crippen LogP contribution in [0.25, 0.3) is 0 Å². The predicted molar refractivity (Wildman–Crippen MR) is 97.4 cm³/mol. The Hall–Kier alpha value is -2.04. The van der Waals surface area contributed by atoms with Gasteiger partial charge in [-0.2, -0.15) is 0 Å². The molecule has 0 radical (unpaired) electrons. The highest BCUT2D eigenvalue weighted by atomic mass is 32.2. The Labute approximate surface area is 145 Å². The van der Waals surface area contributed by atoms with E-state index in [2.05, 4.69) is 48.5 Å². The van der Waals surface area contributed by atoms with E-state index in [1.807, 2.05) is 12.1 Å². The minimum absolute atomic E-state index is 0.188. The van der Waals surface area contributed by atoms with Gasteiger partial charge in [-0.3, -0.25) is 0 Å². The predicted octanol–water partition coefficient (Wildman–Crippen LogP) is 4.09. The lowest BCUT2D eigenvalue weighted by Crippen LogP contribution is -2.15. The average molecular weight is 353 g/mol. The van der Waals surface area contributed by atoms with Crippen molar-refractivity contribution in [3.8, 4) is 0 Å². The van der Waals surface area contributed by atoms with Crippen molar-refractivity contribution in [1.82, 2.24) is 0 Å². The van der Waals surface area contributed by atoms with E-state index in [9.17, 15) is 8.42 Å². The molecule has 4 rings (SSSR count). The van der Waals surface area contributed by atoms with Crippen molar-refractivity contribution in [1.29, 1.82) is 0 Å². The summed E-state index contributed by atoms with van der Waals surface area (Å²) in [7, 11) is -3.36. The van der Waals surface area contributed by atoms with Crippen LogP contribution in [-0.2, 0) is 27.2 Å². The molecule has 1 aliphatic heterocycles. The van der Waals surface area contributed by atoms with E-state index < -0.39 is 9.84 Å². The Kier molecular flexibility index (Phi) is 3.74. The van der Waals surface area contributed by atoms with E-state index in [0.29, 0.717) is 4.90 Å². The van der Waals surface area contributed by atoms with Gasteiger partial charge in [0.1, 0.15) is 0 Å². The molecule has 0 spiro atoms. The fourth-order valence-corrected chi connectivity index (χ4v) is 6.12. The molecule has 120 valence electrons. The van der Waals surface area contributed by atoms with Crippen molar-refractivity contribution in [3.05, 3.63) is 83.9 Å². The first-order valence-corrected chi connectivity index (χ1v) is 10.9. The van der Waals surface area contributed by atoms with Gasteiger partial charge < -0.3 is 0 Å². The average Bonchev–Trinajstić information content (AvgIpc) is 2.59. The summed E-state index contributed by atoms with van der Waals surface area (Å²) in [6.07, 6.45) is 2.20. The zero-order valence-electron chi connectivity index (χ0n) is 13.3. The molecule has 0 N–H and O–H groups in total. The smallest absolute Gasteiger partial charge is 0.175 e. The van der Waals surface area contributed by atoms with Crippen LogP contribution >= 0.6 is 0 Å². The topological polar surface area (TPSA) is 34.1 Å². The van der Waals surface area contributed by atoms with Gasteiger partial charge in [0.15, 0.2) is 24.5 Å². The summed E-state index contributed by atoms with van der Waals surface area (Å²) in [5, 5.41) is 0. The van der Waals surface area contributed by atoms with Gasteiger partial charge >= 0.3 is 0 Å². The normalized spacial score (nSPS) is 14.0. The van der Waals surface area contributed by atoms with Gasteiger partial charge in [-0.05, 0) is 36.4 Å². The number of rotatable bonds is 2. The Morgan fingerprint density at radius 2 is 1.25 bits per heavy atom. The van der Waals surface area contributed by atoms with E-state index >= 15 is 0 Å². The summed E-state index contributed by atoms with van der Waals surface area (Å²) in [6, 6.07) is 24.5. The second kappa shape index (κ2) is 5.80. The highest BCUT2D eigenvalue weighted by Gasteiger charge is 2.36. The maximum atomic E-state index is 11.7. The number of benzene rings is 3. The Morgan fingerprint density at radius 1 is 0.750 bits per heavy atom. The minimum Gasteiger partial charge on any atom is -0.224 e. The third kappa shape index (κ3) is 2.66. The number of fused-ring (bicyclic) bond motifs is 2. The SMILES string of the molecule is CS(=O)(=O)c1ccc([S+]2c3ccccc3Cc3ccccc32)cc1. The van der Waals surface area contributed by atoms with Gasteiger partial charge in [-0.1, -0.05) is 36.4 Å². The Morgan fingerprint density at radius 3 is 1.75 bits per heavy atom. The van der Waals surface area contributed by atoms with Crippen LogP contribution in [0, 0.1) is 0 Å². The molecule has 0 aliphatic carbocycles. The lowest BCUT2D eigenvalue weighted by Gasteiger charge is -2.19. The van der Waals surface area contributed by atoms with Crippen LogP contribution in [0.2, 0.25) is 0 Å². The van der Waals surface area contributed by atoms with Crippen molar-refractivity contribution in [3.63, 3.8) is 0 Å². The Balaban J connectivity index is 1.89. The van der Waals surface area contributed by atoms with Gasteiger partial charge in [-0.25, -0.2) is 8.42 Å². The van der Waals surface area contributed by atoms with Crippen molar-refractivity contribution in [2.24, 2.45) is 0 Å². The summed E-state index contributed by atoms with van der Waals surface area (Å²) in [5.41, 5.74) is 2.71. The van der Waals surface area contributed by atoms with Gasteiger partial charge in [0.05, 0.1) is 15.8 Å². The molecule has 1 aliphatic rings. The van der Waals surface area contributed by atoms with Gasteiger partial charge in [-0.15, -0.1) is 0 Å². The molecule has 0 fully saturated rings. The maximum Gasteiger partial charge on any atom is 0.175 e. The zero-order valence-corrected chi connectivity index (χ0v) is 14.9. The van der Waals surface area contributed by atoms with Crippen LogP contribution in [0.4, 0.5) is 0 Å². The van der Waals surface area contributed by atoms with Crippen molar-refractivity contribution in [2.75, 3.05) is 6.26 Å². The van der Waals surface area contributed by atoms with Gasteiger partial charge in [0.2, 0.25) is 0 Å². The quantitative estimate of drug-likeness (QED) is 0.509. The summed E-state index contributed by atoms with van der Waals surface area (Å²) >= 11 is 0. The number of sulfone groups is 1. The molecule has 3 aromatic carbocycles. The molecule has 0 bridgehead atoms. The van der Waals surface area contributed by atoms with Crippen LogP contribution in [0.1, 0.15) is 11.1 Å². The van der Waals surface area contributed by atoms with Crippen LogP contribution in [-0.4, -0.2) is 14.7 Å². The molecule has 0 aromatic heterocycles. The first-order valence-electron chi connectivity index (χ1n) is 7.74. The van der Waals surface area contributed by atoms with Crippen molar-refractivity contribution in [2.45, 2.75) is 26.0 Å². The second-order valence-corrected chi connectivity index (χ2v) is 9.92. The van der Waals surface area contributed by atoms with Crippen LogP contribution in [0.15, 0.2) is 92.4 Å². The molecule has 4 heteroatoms. The lowest BCUT2D eigenvalue weighted by atomic mass is 10.0. The van der Waals surface area contributed by atoms with Crippen LogP contribution in [0.5, 0.6) is 0 Å².